The van der Waals surface area contributed by atoms with E-state index in [4.69, 9.17) is 9.47 Å². The normalized spacial score (nSPS) is 10.7. The van der Waals surface area contributed by atoms with Gasteiger partial charge in [0, 0.05) is 25.4 Å². The summed E-state index contributed by atoms with van der Waals surface area (Å²) in [5.74, 6) is 1.32. The number of methoxy groups -OCH3 is 1. The van der Waals surface area contributed by atoms with Gasteiger partial charge in [-0.2, -0.15) is 0 Å². The number of ether oxygens (including phenoxy) is 2. The number of imidazole rings is 1. The number of aromatic nitrogens is 2. The van der Waals surface area contributed by atoms with Crippen molar-refractivity contribution < 1.29 is 14.3 Å². The van der Waals surface area contributed by atoms with E-state index in [0.29, 0.717) is 13.0 Å². The number of carbonyl (C=O) groups excluding carboxylic acids is 1. The minimum Gasteiger partial charge on any atom is -0.493 e. The molecule has 26 heavy (non-hydrogen) atoms. The number of fused-ring (bicyclic) bond motifs is 1. The van der Waals surface area contributed by atoms with Gasteiger partial charge in [0.15, 0.2) is 18.0 Å². The number of aryl methyl sites for hydroxylation is 1. The Bertz CT molecular complexity index is 918. The zero-order valence-corrected chi connectivity index (χ0v) is 15.3. The highest BCUT2D eigenvalue weighted by Crippen LogP contribution is 2.20. The molecule has 6 heteroatoms. The molecule has 2 aromatic heterocycles. The van der Waals surface area contributed by atoms with E-state index >= 15 is 0 Å². The molecule has 0 saturated heterocycles. The third kappa shape index (κ3) is 3.96. The first kappa shape index (κ1) is 17.8. The molecule has 0 spiro atoms. The SMILES string of the molecule is COc1cccn2cc(CCNC(=O)COc3cccc(C)c3C)nc12. The second-order valence-corrected chi connectivity index (χ2v) is 6.13. The third-order valence-corrected chi connectivity index (χ3v) is 4.33. The number of pyridine rings is 1. The first-order chi connectivity index (χ1) is 12.6. The van der Waals surface area contributed by atoms with Gasteiger partial charge < -0.3 is 19.2 Å². The molecule has 3 rings (SSSR count). The predicted octanol–water partition coefficient (Wildman–Crippen LogP) is 2.70. The fourth-order valence-corrected chi connectivity index (χ4v) is 2.72. The lowest BCUT2D eigenvalue weighted by molar-refractivity contribution is -0.123. The van der Waals surface area contributed by atoms with E-state index in [1.807, 2.05) is 61.0 Å². The van der Waals surface area contributed by atoms with Gasteiger partial charge in [-0.15, -0.1) is 0 Å². The largest absolute Gasteiger partial charge is 0.493 e. The monoisotopic (exact) mass is 353 g/mol. The van der Waals surface area contributed by atoms with Crippen molar-refractivity contribution in [1.82, 2.24) is 14.7 Å². The van der Waals surface area contributed by atoms with E-state index in [1.165, 1.54) is 0 Å². The van der Waals surface area contributed by atoms with E-state index < -0.39 is 0 Å². The molecule has 0 saturated carbocycles. The van der Waals surface area contributed by atoms with Crippen molar-refractivity contribution in [2.45, 2.75) is 20.3 Å². The Morgan fingerprint density at radius 1 is 1.19 bits per heavy atom. The Morgan fingerprint density at radius 3 is 2.81 bits per heavy atom. The number of hydrogen-bond acceptors (Lipinski definition) is 4. The standard InChI is InChI=1S/C20H23N3O3/c1-14-6-4-7-17(15(14)2)26-13-19(24)21-10-9-16-12-23-11-5-8-18(25-3)20(23)22-16/h4-8,11-12H,9-10,13H2,1-3H3,(H,21,24). The summed E-state index contributed by atoms with van der Waals surface area (Å²) in [6.45, 7) is 4.51. The van der Waals surface area contributed by atoms with Crippen molar-refractivity contribution in [1.29, 1.82) is 0 Å². The molecule has 0 unspecified atom stereocenters. The molecule has 0 bridgehead atoms. The van der Waals surface area contributed by atoms with Gasteiger partial charge in [-0.25, -0.2) is 4.98 Å². The number of rotatable bonds is 7. The van der Waals surface area contributed by atoms with Crippen molar-refractivity contribution in [3.05, 3.63) is 59.5 Å². The minimum atomic E-state index is -0.146. The van der Waals surface area contributed by atoms with Crippen molar-refractivity contribution in [2.24, 2.45) is 0 Å². The Balaban J connectivity index is 1.50. The average molecular weight is 353 g/mol. The number of benzene rings is 1. The zero-order valence-electron chi connectivity index (χ0n) is 15.3. The molecule has 1 N–H and O–H groups in total. The summed E-state index contributed by atoms with van der Waals surface area (Å²) in [6.07, 6.45) is 4.50. The summed E-state index contributed by atoms with van der Waals surface area (Å²) in [4.78, 5) is 16.5. The lowest BCUT2D eigenvalue weighted by Gasteiger charge is -2.10. The summed E-state index contributed by atoms with van der Waals surface area (Å²) in [5, 5.41) is 2.86. The Kier molecular flexibility index (Phi) is 5.41. The van der Waals surface area contributed by atoms with Gasteiger partial charge in [0.1, 0.15) is 5.75 Å². The van der Waals surface area contributed by atoms with Crippen LogP contribution in [0.5, 0.6) is 11.5 Å². The maximum atomic E-state index is 12.0. The van der Waals surface area contributed by atoms with Crippen LogP contribution in [-0.4, -0.2) is 35.6 Å². The molecule has 0 atom stereocenters. The van der Waals surface area contributed by atoms with Gasteiger partial charge in [-0.3, -0.25) is 4.79 Å². The van der Waals surface area contributed by atoms with Crippen molar-refractivity contribution in [2.75, 3.05) is 20.3 Å². The molecule has 3 aromatic rings. The smallest absolute Gasteiger partial charge is 0.257 e. The van der Waals surface area contributed by atoms with E-state index in [0.717, 1.165) is 34.0 Å². The maximum Gasteiger partial charge on any atom is 0.257 e. The summed E-state index contributed by atoms with van der Waals surface area (Å²) in [6, 6.07) is 9.60. The summed E-state index contributed by atoms with van der Waals surface area (Å²) in [5.41, 5.74) is 3.86. The highest BCUT2D eigenvalue weighted by molar-refractivity contribution is 5.77. The summed E-state index contributed by atoms with van der Waals surface area (Å²) >= 11 is 0. The van der Waals surface area contributed by atoms with Crippen LogP contribution in [0.1, 0.15) is 16.8 Å². The van der Waals surface area contributed by atoms with Crippen LogP contribution in [0.3, 0.4) is 0 Å². The first-order valence-electron chi connectivity index (χ1n) is 8.55. The molecule has 1 aromatic carbocycles. The van der Waals surface area contributed by atoms with Gasteiger partial charge >= 0.3 is 0 Å². The molecule has 1 amide bonds. The number of hydrogen-bond donors (Lipinski definition) is 1. The van der Waals surface area contributed by atoms with Gasteiger partial charge in [-0.1, -0.05) is 12.1 Å². The van der Waals surface area contributed by atoms with Crippen LogP contribution in [0.25, 0.3) is 5.65 Å². The van der Waals surface area contributed by atoms with Crippen LogP contribution in [0.2, 0.25) is 0 Å². The molecule has 0 aliphatic carbocycles. The van der Waals surface area contributed by atoms with Gasteiger partial charge in [0.05, 0.1) is 12.8 Å². The fourth-order valence-electron chi connectivity index (χ4n) is 2.72. The molecule has 6 nitrogen and oxygen atoms in total. The predicted molar refractivity (Wildman–Crippen MR) is 99.9 cm³/mol. The molecular weight excluding hydrogens is 330 g/mol. The molecular formula is C20H23N3O3. The van der Waals surface area contributed by atoms with Crippen LogP contribution in [0, 0.1) is 13.8 Å². The second-order valence-electron chi connectivity index (χ2n) is 6.13. The number of carbonyl (C=O) groups is 1. The number of amides is 1. The van der Waals surface area contributed by atoms with Crippen molar-refractivity contribution in [3.63, 3.8) is 0 Å². The Labute approximate surface area is 152 Å². The molecule has 0 aliphatic heterocycles. The van der Waals surface area contributed by atoms with Crippen LogP contribution >= 0.6 is 0 Å². The molecule has 0 fully saturated rings. The average Bonchev–Trinajstić information content (AvgIpc) is 3.05. The highest BCUT2D eigenvalue weighted by atomic mass is 16.5. The lowest BCUT2D eigenvalue weighted by Crippen LogP contribution is -2.30. The van der Waals surface area contributed by atoms with Crippen molar-refractivity contribution in [3.8, 4) is 11.5 Å². The van der Waals surface area contributed by atoms with E-state index in [1.54, 1.807) is 7.11 Å². The van der Waals surface area contributed by atoms with Crippen LogP contribution < -0.4 is 14.8 Å². The van der Waals surface area contributed by atoms with Crippen LogP contribution in [-0.2, 0) is 11.2 Å². The van der Waals surface area contributed by atoms with Crippen LogP contribution in [0.4, 0.5) is 0 Å². The maximum absolute atomic E-state index is 12.0. The second kappa shape index (κ2) is 7.91. The lowest BCUT2D eigenvalue weighted by atomic mass is 10.1. The van der Waals surface area contributed by atoms with Gasteiger partial charge in [0.2, 0.25) is 0 Å². The molecule has 136 valence electrons. The molecule has 0 radical (unpaired) electrons. The highest BCUT2D eigenvalue weighted by Gasteiger charge is 2.08. The minimum absolute atomic E-state index is 0.00326. The number of nitrogens with zero attached hydrogens (tertiary/aromatic N) is 2. The van der Waals surface area contributed by atoms with E-state index in [2.05, 4.69) is 10.3 Å². The van der Waals surface area contributed by atoms with Gasteiger partial charge in [-0.05, 0) is 43.2 Å². The summed E-state index contributed by atoms with van der Waals surface area (Å²) in [7, 11) is 1.62. The fraction of sp³-hybridized carbons (Fsp3) is 0.300. The van der Waals surface area contributed by atoms with E-state index in [9.17, 15) is 4.79 Å². The van der Waals surface area contributed by atoms with E-state index in [-0.39, 0.29) is 12.5 Å². The van der Waals surface area contributed by atoms with Crippen LogP contribution in [0.15, 0.2) is 42.7 Å². The quantitative estimate of drug-likeness (QED) is 0.709. The summed E-state index contributed by atoms with van der Waals surface area (Å²) < 4.78 is 12.8. The van der Waals surface area contributed by atoms with Gasteiger partial charge in [0.25, 0.3) is 5.91 Å². The zero-order chi connectivity index (χ0) is 18.5. The topological polar surface area (TPSA) is 64.9 Å². The molecule has 0 aliphatic rings. The first-order valence-corrected chi connectivity index (χ1v) is 8.55. The Hall–Kier alpha value is -3.02. The number of nitrogens with one attached hydrogen (secondary N) is 1. The third-order valence-electron chi connectivity index (χ3n) is 4.33. The van der Waals surface area contributed by atoms with Crippen molar-refractivity contribution >= 4 is 11.6 Å². The Morgan fingerprint density at radius 2 is 2.00 bits per heavy atom. The molecule has 2 heterocycles.